The topological polar surface area (TPSA) is 109 Å². The van der Waals surface area contributed by atoms with E-state index in [0.29, 0.717) is 0 Å². The number of pyridine rings is 1. The Bertz CT molecular complexity index is 545. The van der Waals surface area contributed by atoms with Crippen molar-refractivity contribution in [1.29, 1.82) is 0 Å². The summed E-state index contributed by atoms with van der Waals surface area (Å²) in [4.78, 5) is 37.8. The molecule has 0 bridgehead atoms. The van der Waals surface area contributed by atoms with E-state index in [2.05, 4.69) is 4.98 Å². The lowest BCUT2D eigenvalue weighted by atomic mass is 10.0. The van der Waals surface area contributed by atoms with Crippen LogP contribution in [0.5, 0.6) is 0 Å². The lowest BCUT2D eigenvalue weighted by Crippen LogP contribution is -2.27. The first kappa shape index (κ1) is 16.8. The molecule has 0 spiro atoms. The van der Waals surface area contributed by atoms with Crippen molar-refractivity contribution >= 4 is 29.2 Å². The average Bonchev–Trinajstić information content (AvgIpc) is 2.41. The van der Waals surface area contributed by atoms with Crippen LogP contribution in [0.2, 0.25) is 5.02 Å². The van der Waals surface area contributed by atoms with E-state index in [1.54, 1.807) is 13.8 Å². The molecule has 0 aliphatic carbocycles. The van der Waals surface area contributed by atoms with Gasteiger partial charge in [0, 0.05) is 12.3 Å². The number of hydrogen-bond donors (Lipinski definition) is 0. The molecule has 114 valence electrons. The monoisotopic (exact) mass is 316 g/mol. The second kappa shape index (κ2) is 7.53. The van der Waals surface area contributed by atoms with Crippen molar-refractivity contribution in [2.45, 2.75) is 19.8 Å². The van der Waals surface area contributed by atoms with Gasteiger partial charge in [-0.3, -0.25) is 24.7 Å². The van der Waals surface area contributed by atoms with Crippen LogP contribution >= 0.6 is 11.6 Å². The predicted octanol–water partition coefficient (Wildman–Crippen LogP) is 1.85. The zero-order chi connectivity index (χ0) is 16.0. The van der Waals surface area contributed by atoms with Crippen molar-refractivity contribution in [1.82, 2.24) is 4.98 Å². The third kappa shape index (κ3) is 4.12. The minimum atomic E-state index is -1.62. The summed E-state index contributed by atoms with van der Waals surface area (Å²) >= 11 is 5.65. The van der Waals surface area contributed by atoms with Crippen LogP contribution in [0.15, 0.2) is 12.3 Å². The highest BCUT2D eigenvalue weighted by atomic mass is 35.5. The SMILES string of the molecule is CCOC(=O)C(C(=O)OCC)c1ncc(Cl)cc1[N+](=O)[O-]. The summed E-state index contributed by atoms with van der Waals surface area (Å²) in [5.74, 6) is -3.55. The van der Waals surface area contributed by atoms with Gasteiger partial charge < -0.3 is 9.47 Å². The second-order valence-corrected chi connectivity index (χ2v) is 4.19. The van der Waals surface area contributed by atoms with Gasteiger partial charge in [-0.25, -0.2) is 0 Å². The molecule has 1 rings (SSSR count). The summed E-state index contributed by atoms with van der Waals surface area (Å²) < 4.78 is 9.51. The van der Waals surface area contributed by atoms with Gasteiger partial charge in [-0.1, -0.05) is 11.6 Å². The fourth-order valence-corrected chi connectivity index (χ4v) is 1.73. The van der Waals surface area contributed by atoms with Crippen LogP contribution in [0.25, 0.3) is 0 Å². The van der Waals surface area contributed by atoms with E-state index in [9.17, 15) is 19.7 Å². The molecule has 0 fully saturated rings. The molecule has 21 heavy (non-hydrogen) atoms. The molecule has 0 aromatic carbocycles. The quantitative estimate of drug-likeness (QED) is 0.341. The Morgan fingerprint density at radius 3 is 2.29 bits per heavy atom. The highest BCUT2D eigenvalue weighted by Gasteiger charge is 2.38. The maximum absolute atomic E-state index is 11.9. The summed E-state index contributed by atoms with van der Waals surface area (Å²) in [7, 11) is 0. The zero-order valence-corrected chi connectivity index (χ0v) is 12.1. The molecule has 1 aromatic rings. The molecule has 8 nitrogen and oxygen atoms in total. The summed E-state index contributed by atoms with van der Waals surface area (Å²) in [5, 5.41) is 11.1. The van der Waals surface area contributed by atoms with Gasteiger partial charge in [-0.05, 0) is 13.8 Å². The Morgan fingerprint density at radius 2 is 1.86 bits per heavy atom. The molecule has 9 heteroatoms. The largest absolute Gasteiger partial charge is 0.465 e. The summed E-state index contributed by atoms with van der Waals surface area (Å²) in [6, 6.07) is 1.01. The maximum atomic E-state index is 11.9. The highest BCUT2D eigenvalue weighted by molar-refractivity contribution is 6.30. The number of esters is 2. The number of carbonyl (C=O) groups is 2. The standard InChI is InChI=1S/C12H13ClN2O6/c1-3-20-11(16)9(12(17)21-4-2)10-8(15(18)19)5-7(13)6-14-10/h5-6,9H,3-4H2,1-2H3. The van der Waals surface area contributed by atoms with Crippen LogP contribution in [-0.2, 0) is 19.1 Å². The molecular weight excluding hydrogens is 304 g/mol. The minimum Gasteiger partial charge on any atom is -0.465 e. The van der Waals surface area contributed by atoms with Gasteiger partial charge in [0.15, 0.2) is 0 Å². The van der Waals surface area contributed by atoms with Gasteiger partial charge in [-0.2, -0.15) is 0 Å². The van der Waals surface area contributed by atoms with E-state index in [1.165, 1.54) is 0 Å². The molecule has 0 atom stereocenters. The van der Waals surface area contributed by atoms with E-state index >= 15 is 0 Å². The van der Waals surface area contributed by atoms with Crippen LogP contribution in [0.1, 0.15) is 25.5 Å². The normalized spacial score (nSPS) is 10.3. The van der Waals surface area contributed by atoms with Crippen molar-refractivity contribution < 1.29 is 24.0 Å². The first-order chi connectivity index (χ1) is 9.92. The Labute approximate surface area is 125 Å². The van der Waals surface area contributed by atoms with Gasteiger partial charge in [-0.15, -0.1) is 0 Å². The van der Waals surface area contributed by atoms with E-state index in [0.717, 1.165) is 12.3 Å². The highest BCUT2D eigenvalue weighted by Crippen LogP contribution is 2.29. The third-order valence-corrected chi connectivity index (χ3v) is 2.59. The maximum Gasteiger partial charge on any atom is 0.326 e. The van der Waals surface area contributed by atoms with Gasteiger partial charge in [0.2, 0.25) is 5.92 Å². The molecule has 0 saturated carbocycles. The van der Waals surface area contributed by atoms with Gasteiger partial charge in [0.25, 0.3) is 5.69 Å². The molecular formula is C12H13ClN2O6. The number of carbonyl (C=O) groups excluding carboxylic acids is 2. The van der Waals surface area contributed by atoms with E-state index < -0.39 is 28.5 Å². The van der Waals surface area contributed by atoms with E-state index in [-0.39, 0.29) is 23.9 Å². The van der Waals surface area contributed by atoms with Gasteiger partial charge in [0.05, 0.1) is 23.2 Å². The van der Waals surface area contributed by atoms with Crippen LogP contribution in [0.3, 0.4) is 0 Å². The van der Waals surface area contributed by atoms with Crippen molar-refractivity contribution in [2.24, 2.45) is 0 Å². The molecule has 1 aromatic heterocycles. The Hall–Kier alpha value is -2.22. The van der Waals surface area contributed by atoms with E-state index in [4.69, 9.17) is 21.1 Å². The van der Waals surface area contributed by atoms with Crippen LogP contribution in [-0.4, -0.2) is 35.1 Å². The fourth-order valence-electron chi connectivity index (χ4n) is 1.58. The molecule has 1 heterocycles. The predicted molar refractivity (Wildman–Crippen MR) is 71.9 cm³/mol. The minimum absolute atomic E-state index is 0.0100. The van der Waals surface area contributed by atoms with Crippen molar-refractivity contribution in [3.05, 3.63) is 33.1 Å². The molecule has 0 unspecified atom stereocenters. The summed E-state index contributed by atoms with van der Waals surface area (Å²) in [6.45, 7) is 3.11. The van der Waals surface area contributed by atoms with Crippen LogP contribution < -0.4 is 0 Å². The van der Waals surface area contributed by atoms with Gasteiger partial charge in [0.1, 0.15) is 5.69 Å². The third-order valence-electron chi connectivity index (χ3n) is 2.38. The zero-order valence-electron chi connectivity index (χ0n) is 11.4. The lowest BCUT2D eigenvalue weighted by molar-refractivity contribution is -0.386. The number of nitrogens with zero attached hydrogens (tertiary/aromatic N) is 2. The molecule has 0 amide bonds. The summed E-state index contributed by atoms with van der Waals surface area (Å²) in [6.07, 6.45) is 1.11. The molecule has 0 aliphatic rings. The van der Waals surface area contributed by atoms with E-state index in [1.807, 2.05) is 0 Å². The number of aromatic nitrogens is 1. The smallest absolute Gasteiger partial charge is 0.326 e. The Kier molecular flexibility index (Phi) is 6.04. The molecule has 0 radical (unpaired) electrons. The van der Waals surface area contributed by atoms with Crippen molar-refractivity contribution in [3.63, 3.8) is 0 Å². The average molecular weight is 317 g/mol. The fraction of sp³-hybridized carbons (Fsp3) is 0.417. The Balaban J connectivity index is 3.35. The van der Waals surface area contributed by atoms with Crippen molar-refractivity contribution in [2.75, 3.05) is 13.2 Å². The number of nitro groups is 1. The van der Waals surface area contributed by atoms with Gasteiger partial charge >= 0.3 is 11.9 Å². The molecule has 0 saturated heterocycles. The lowest BCUT2D eigenvalue weighted by Gasteiger charge is -2.14. The first-order valence-corrected chi connectivity index (χ1v) is 6.43. The van der Waals surface area contributed by atoms with Crippen LogP contribution in [0.4, 0.5) is 5.69 Å². The van der Waals surface area contributed by atoms with Crippen LogP contribution in [0, 0.1) is 10.1 Å². The number of rotatable bonds is 6. The van der Waals surface area contributed by atoms with Crippen molar-refractivity contribution in [3.8, 4) is 0 Å². The number of hydrogen-bond acceptors (Lipinski definition) is 7. The number of ether oxygens (including phenoxy) is 2. The second-order valence-electron chi connectivity index (χ2n) is 3.75. The number of halogens is 1. The molecule has 0 N–H and O–H groups in total. The first-order valence-electron chi connectivity index (χ1n) is 6.05. The summed E-state index contributed by atoms with van der Waals surface area (Å²) in [5.41, 5.74) is -0.907. The Morgan fingerprint density at radius 1 is 1.33 bits per heavy atom. The molecule has 0 aliphatic heterocycles.